The van der Waals surface area contributed by atoms with Gasteiger partial charge < -0.3 is 15.1 Å². The standard InChI is InChI=1S/C17H21N5O2/c23-16(14-6-3-7-18-14)21-8-10-22(11-9-21)17(24)15-12-4-1-2-5-13(12)19-20-15/h1-2,4-5,14,18H,3,6-11H2,(H,19,20). The molecule has 7 nitrogen and oxygen atoms in total. The summed E-state index contributed by atoms with van der Waals surface area (Å²) in [4.78, 5) is 28.8. The highest BCUT2D eigenvalue weighted by Gasteiger charge is 2.31. The number of hydrogen-bond donors (Lipinski definition) is 2. The second-order valence-electron chi connectivity index (χ2n) is 6.38. The number of aromatic nitrogens is 2. The number of carbonyl (C=O) groups is 2. The molecule has 2 N–H and O–H groups in total. The first-order chi connectivity index (χ1) is 11.7. The summed E-state index contributed by atoms with van der Waals surface area (Å²) in [6.07, 6.45) is 1.97. The van der Waals surface area contributed by atoms with Crippen molar-refractivity contribution >= 4 is 22.7 Å². The van der Waals surface area contributed by atoms with Crippen molar-refractivity contribution in [3.8, 4) is 0 Å². The molecule has 1 atom stereocenters. The maximum Gasteiger partial charge on any atom is 0.275 e. The zero-order valence-corrected chi connectivity index (χ0v) is 13.5. The zero-order valence-electron chi connectivity index (χ0n) is 13.5. The van der Waals surface area contributed by atoms with Crippen molar-refractivity contribution in [3.63, 3.8) is 0 Å². The monoisotopic (exact) mass is 327 g/mol. The van der Waals surface area contributed by atoms with Crippen LogP contribution in [0.5, 0.6) is 0 Å². The van der Waals surface area contributed by atoms with E-state index in [0.717, 1.165) is 30.3 Å². The van der Waals surface area contributed by atoms with Gasteiger partial charge in [-0.05, 0) is 25.5 Å². The predicted molar refractivity (Wildman–Crippen MR) is 89.6 cm³/mol. The van der Waals surface area contributed by atoms with Crippen LogP contribution >= 0.6 is 0 Å². The quantitative estimate of drug-likeness (QED) is 0.846. The van der Waals surface area contributed by atoms with E-state index in [2.05, 4.69) is 15.5 Å². The number of rotatable bonds is 2. The molecular formula is C17H21N5O2. The highest BCUT2D eigenvalue weighted by molar-refractivity contribution is 6.04. The number of piperazine rings is 1. The van der Waals surface area contributed by atoms with E-state index in [9.17, 15) is 9.59 Å². The van der Waals surface area contributed by atoms with Crippen molar-refractivity contribution in [2.24, 2.45) is 0 Å². The molecule has 3 heterocycles. The molecule has 2 saturated heterocycles. The SMILES string of the molecule is O=C(c1n[nH]c2ccccc12)N1CCN(C(=O)C2CCCN2)CC1. The number of nitrogens with one attached hydrogen (secondary N) is 2. The number of carbonyl (C=O) groups excluding carboxylic acids is 2. The average Bonchev–Trinajstić information content (AvgIpc) is 3.30. The minimum absolute atomic E-state index is 0.0393. The number of para-hydroxylation sites is 1. The largest absolute Gasteiger partial charge is 0.338 e. The predicted octanol–water partition coefficient (Wildman–Crippen LogP) is 0.599. The summed E-state index contributed by atoms with van der Waals surface area (Å²) in [7, 11) is 0. The Morgan fingerprint density at radius 3 is 2.58 bits per heavy atom. The lowest BCUT2D eigenvalue weighted by atomic mass is 10.1. The Morgan fingerprint density at radius 2 is 1.83 bits per heavy atom. The first-order valence-corrected chi connectivity index (χ1v) is 8.48. The third kappa shape index (κ3) is 2.65. The molecule has 0 spiro atoms. The Morgan fingerprint density at radius 1 is 1.08 bits per heavy atom. The van der Waals surface area contributed by atoms with Crippen molar-refractivity contribution < 1.29 is 9.59 Å². The molecule has 24 heavy (non-hydrogen) atoms. The van der Waals surface area contributed by atoms with Crippen LogP contribution in [-0.4, -0.2) is 70.6 Å². The van der Waals surface area contributed by atoms with Crippen LogP contribution in [-0.2, 0) is 4.79 Å². The van der Waals surface area contributed by atoms with Crippen LogP contribution in [0.1, 0.15) is 23.3 Å². The van der Waals surface area contributed by atoms with E-state index in [-0.39, 0.29) is 17.9 Å². The lowest BCUT2D eigenvalue weighted by Crippen LogP contribution is -2.54. The van der Waals surface area contributed by atoms with Gasteiger partial charge in [-0.2, -0.15) is 5.10 Å². The molecule has 2 aliphatic rings. The number of benzene rings is 1. The van der Waals surface area contributed by atoms with E-state index < -0.39 is 0 Å². The fourth-order valence-electron chi connectivity index (χ4n) is 3.52. The smallest absolute Gasteiger partial charge is 0.275 e. The normalized spacial score (nSPS) is 21.4. The molecule has 0 aliphatic carbocycles. The summed E-state index contributed by atoms with van der Waals surface area (Å²) in [5, 5.41) is 11.2. The first-order valence-electron chi connectivity index (χ1n) is 8.48. The summed E-state index contributed by atoms with van der Waals surface area (Å²) in [6, 6.07) is 7.58. The van der Waals surface area contributed by atoms with Crippen LogP contribution < -0.4 is 5.32 Å². The van der Waals surface area contributed by atoms with E-state index >= 15 is 0 Å². The van der Waals surface area contributed by atoms with E-state index in [1.165, 1.54) is 0 Å². The molecule has 1 aromatic heterocycles. The van der Waals surface area contributed by atoms with E-state index in [4.69, 9.17) is 0 Å². The zero-order chi connectivity index (χ0) is 16.5. The Labute approximate surface area is 140 Å². The fraction of sp³-hybridized carbons (Fsp3) is 0.471. The second kappa shape index (κ2) is 6.24. The molecule has 1 unspecified atom stereocenters. The molecule has 0 bridgehead atoms. The number of hydrogen-bond acceptors (Lipinski definition) is 4. The molecule has 2 aromatic rings. The van der Waals surface area contributed by atoms with Gasteiger partial charge >= 0.3 is 0 Å². The molecule has 2 amide bonds. The van der Waals surface area contributed by atoms with Crippen LogP contribution in [0.15, 0.2) is 24.3 Å². The molecule has 4 rings (SSSR count). The molecule has 126 valence electrons. The highest BCUT2D eigenvalue weighted by Crippen LogP contribution is 2.18. The van der Waals surface area contributed by atoms with Gasteiger partial charge in [0.2, 0.25) is 5.91 Å². The fourth-order valence-corrected chi connectivity index (χ4v) is 3.52. The first kappa shape index (κ1) is 15.1. The van der Waals surface area contributed by atoms with Gasteiger partial charge in [0.05, 0.1) is 11.6 Å². The lowest BCUT2D eigenvalue weighted by molar-refractivity contribution is -0.134. The van der Waals surface area contributed by atoms with Crippen molar-refractivity contribution in [2.45, 2.75) is 18.9 Å². The molecule has 2 fully saturated rings. The van der Waals surface area contributed by atoms with Crippen LogP contribution in [0.3, 0.4) is 0 Å². The topological polar surface area (TPSA) is 81.3 Å². The van der Waals surface area contributed by atoms with Crippen LogP contribution in [0.25, 0.3) is 10.9 Å². The van der Waals surface area contributed by atoms with Crippen molar-refractivity contribution in [1.82, 2.24) is 25.3 Å². The molecule has 1 aromatic carbocycles. The Bertz CT molecular complexity index is 757. The average molecular weight is 327 g/mol. The minimum atomic E-state index is -0.0708. The van der Waals surface area contributed by atoms with Crippen LogP contribution in [0.4, 0.5) is 0 Å². The second-order valence-corrected chi connectivity index (χ2v) is 6.38. The van der Waals surface area contributed by atoms with Crippen molar-refractivity contribution in [3.05, 3.63) is 30.0 Å². The highest BCUT2D eigenvalue weighted by atomic mass is 16.2. The summed E-state index contributed by atoms with van der Waals surface area (Å²) in [5.74, 6) is 0.100. The maximum atomic E-state index is 12.7. The maximum absolute atomic E-state index is 12.7. The van der Waals surface area contributed by atoms with E-state index in [1.54, 1.807) is 4.90 Å². The Balaban J connectivity index is 1.42. The van der Waals surface area contributed by atoms with Crippen molar-refractivity contribution in [1.29, 1.82) is 0 Å². The van der Waals surface area contributed by atoms with E-state index in [1.807, 2.05) is 29.2 Å². The summed E-state index contributed by atoms with van der Waals surface area (Å²) >= 11 is 0. The number of amides is 2. The van der Waals surface area contributed by atoms with Gasteiger partial charge in [-0.3, -0.25) is 14.7 Å². The van der Waals surface area contributed by atoms with Gasteiger partial charge in [0.25, 0.3) is 5.91 Å². The summed E-state index contributed by atoms with van der Waals surface area (Å²) < 4.78 is 0. The third-order valence-electron chi connectivity index (χ3n) is 4.91. The van der Waals surface area contributed by atoms with Gasteiger partial charge in [0, 0.05) is 31.6 Å². The van der Waals surface area contributed by atoms with Crippen molar-refractivity contribution in [2.75, 3.05) is 32.7 Å². The third-order valence-corrected chi connectivity index (χ3v) is 4.91. The molecule has 0 radical (unpaired) electrons. The van der Waals surface area contributed by atoms with Crippen LogP contribution in [0.2, 0.25) is 0 Å². The molecule has 2 aliphatic heterocycles. The molecule has 7 heteroatoms. The van der Waals surface area contributed by atoms with E-state index in [0.29, 0.717) is 31.9 Å². The van der Waals surface area contributed by atoms with Gasteiger partial charge in [-0.15, -0.1) is 0 Å². The number of aromatic amines is 1. The lowest BCUT2D eigenvalue weighted by Gasteiger charge is -2.35. The number of nitrogens with zero attached hydrogens (tertiary/aromatic N) is 3. The minimum Gasteiger partial charge on any atom is -0.338 e. The van der Waals surface area contributed by atoms with Gasteiger partial charge in [0.1, 0.15) is 0 Å². The van der Waals surface area contributed by atoms with Gasteiger partial charge in [-0.25, -0.2) is 0 Å². The summed E-state index contributed by atoms with van der Waals surface area (Å²) in [5.41, 5.74) is 1.32. The van der Waals surface area contributed by atoms with Gasteiger partial charge in [-0.1, -0.05) is 18.2 Å². The Hall–Kier alpha value is -2.41. The van der Waals surface area contributed by atoms with Crippen LogP contribution in [0, 0.1) is 0 Å². The molecule has 0 saturated carbocycles. The van der Waals surface area contributed by atoms with Gasteiger partial charge in [0.15, 0.2) is 5.69 Å². The molecular weight excluding hydrogens is 306 g/mol. The summed E-state index contributed by atoms with van der Waals surface area (Å²) in [6.45, 7) is 3.20. The number of fused-ring (bicyclic) bond motifs is 1. The number of H-pyrrole nitrogens is 1. The Kier molecular flexibility index (Phi) is 3.93.